The largest absolute Gasteiger partial charge is 0.464 e. The maximum absolute atomic E-state index is 11.9. The van der Waals surface area contributed by atoms with Crippen LogP contribution >= 0.6 is 0 Å². The van der Waals surface area contributed by atoms with Crippen molar-refractivity contribution in [3.63, 3.8) is 0 Å². The van der Waals surface area contributed by atoms with Crippen molar-refractivity contribution in [2.24, 2.45) is 5.92 Å². The predicted molar refractivity (Wildman–Crippen MR) is 103 cm³/mol. The highest BCUT2D eigenvalue weighted by Crippen LogP contribution is 2.25. The third-order valence-electron chi connectivity index (χ3n) is 5.49. The van der Waals surface area contributed by atoms with E-state index >= 15 is 0 Å². The smallest absolute Gasteiger partial charge is 0.220 e. The minimum absolute atomic E-state index is 0.248. The van der Waals surface area contributed by atoms with Gasteiger partial charge in [-0.3, -0.25) is 9.69 Å². The summed E-state index contributed by atoms with van der Waals surface area (Å²) in [5.74, 6) is 1.81. The summed E-state index contributed by atoms with van der Waals surface area (Å²) in [7, 11) is 0. The molecule has 1 saturated carbocycles. The van der Waals surface area contributed by atoms with Gasteiger partial charge in [0.25, 0.3) is 0 Å². The highest BCUT2D eigenvalue weighted by atomic mass is 16.3. The van der Waals surface area contributed by atoms with Gasteiger partial charge >= 0.3 is 0 Å². The van der Waals surface area contributed by atoms with Gasteiger partial charge in [-0.2, -0.15) is 0 Å². The molecule has 4 heteroatoms. The molecular weight excluding hydrogens is 324 g/mol. The van der Waals surface area contributed by atoms with Crippen molar-refractivity contribution >= 4 is 5.91 Å². The van der Waals surface area contributed by atoms with Gasteiger partial charge in [-0.1, -0.05) is 24.3 Å². The van der Waals surface area contributed by atoms with Crippen LogP contribution in [0.25, 0.3) is 11.3 Å². The molecule has 1 aromatic carbocycles. The Morgan fingerprint density at radius 3 is 2.73 bits per heavy atom. The molecule has 1 N–H and O–H groups in total. The zero-order valence-corrected chi connectivity index (χ0v) is 15.3. The van der Waals surface area contributed by atoms with Crippen LogP contribution in [0.15, 0.2) is 47.1 Å². The Labute approximate surface area is 155 Å². The molecule has 0 radical (unpaired) electrons. The van der Waals surface area contributed by atoms with E-state index in [1.165, 1.54) is 31.2 Å². The Balaban J connectivity index is 1.25. The van der Waals surface area contributed by atoms with Gasteiger partial charge in [0.15, 0.2) is 0 Å². The molecule has 1 amide bonds. The fraction of sp³-hybridized carbons (Fsp3) is 0.500. The third-order valence-corrected chi connectivity index (χ3v) is 5.49. The van der Waals surface area contributed by atoms with Gasteiger partial charge in [0, 0.05) is 31.1 Å². The van der Waals surface area contributed by atoms with Gasteiger partial charge in [0.2, 0.25) is 5.91 Å². The van der Waals surface area contributed by atoms with E-state index in [-0.39, 0.29) is 5.91 Å². The predicted octanol–water partition coefficient (Wildman–Crippen LogP) is 4.22. The van der Waals surface area contributed by atoms with E-state index in [2.05, 4.69) is 34.5 Å². The molecule has 2 heterocycles. The molecule has 1 saturated heterocycles. The number of amides is 1. The molecule has 1 aromatic heterocycles. The van der Waals surface area contributed by atoms with Crippen LogP contribution in [0.1, 0.15) is 44.1 Å². The first-order valence-corrected chi connectivity index (χ1v) is 9.91. The zero-order chi connectivity index (χ0) is 17.8. The van der Waals surface area contributed by atoms with Crippen molar-refractivity contribution in [3.05, 3.63) is 48.2 Å². The number of hydrogen-bond donors (Lipinski definition) is 1. The molecule has 4 nitrogen and oxygen atoms in total. The first kappa shape index (κ1) is 17.3. The van der Waals surface area contributed by atoms with Crippen molar-refractivity contribution in [1.29, 1.82) is 0 Å². The highest BCUT2D eigenvalue weighted by Gasteiger charge is 2.24. The molecule has 0 bridgehead atoms. The number of nitrogens with zero attached hydrogens (tertiary/aromatic N) is 1. The first-order chi connectivity index (χ1) is 12.8. The van der Waals surface area contributed by atoms with E-state index in [0.717, 1.165) is 37.4 Å². The Hall–Kier alpha value is -2.07. The number of piperidine rings is 1. The van der Waals surface area contributed by atoms with Crippen LogP contribution < -0.4 is 5.32 Å². The van der Waals surface area contributed by atoms with Crippen molar-refractivity contribution in [1.82, 2.24) is 10.2 Å². The Kier molecular flexibility index (Phi) is 5.40. The maximum atomic E-state index is 11.9. The van der Waals surface area contributed by atoms with Gasteiger partial charge in [0.1, 0.15) is 5.76 Å². The van der Waals surface area contributed by atoms with Crippen molar-refractivity contribution in [3.8, 4) is 11.3 Å². The monoisotopic (exact) mass is 352 g/mol. The normalized spacial score (nSPS) is 20.8. The standard InChI is InChI=1S/C22H28N2O2/c25-22(23-20-10-11-20)12-7-17-3-1-13-24(15-17)16-18-5-8-19(9-6-18)21-4-2-14-26-21/h2,4-6,8-9,14,17,20H,1,3,7,10-13,15-16H2,(H,23,25). The van der Waals surface area contributed by atoms with Gasteiger partial charge in [-0.25, -0.2) is 0 Å². The summed E-state index contributed by atoms with van der Waals surface area (Å²) in [6, 6.07) is 13.1. The molecule has 1 atom stereocenters. The lowest BCUT2D eigenvalue weighted by Gasteiger charge is -2.32. The van der Waals surface area contributed by atoms with E-state index < -0.39 is 0 Å². The number of carbonyl (C=O) groups excluding carboxylic acids is 1. The summed E-state index contributed by atoms with van der Waals surface area (Å²) < 4.78 is 5.45. The molecule has 138 valence electrons. The fourth-order valence-electron chi connectivity index (χ4n) is 3.87. The minimum atomic E-state index is 0.248. The first-order valence-electron chi connectivity index (χ1n) is 9.91. The summed E-state index contributed by atoms with van der Waals surface area (Å²) >= 11 is 0. The second-order valence-electron chi connectivity index (χ2n) is 7.80. The summed E-state index contributed by atoms with van der Waals surface area (Å²) in [5, 5.41) is 3.10. The Morgan fingerprint density at radius 1 is 1.15 bits per heavy atom. The minimum Gasteiger partial charge on any atom is -0.464 e. The summed E-state index contributed by atoms with van der Waals surface area (Å²) in [6.07, 6.45) is 8.24. The topological polar surface area (TPSA) is 45.5 Å². The van der Waals surface area contributed by atoms with Gasteiger partial charge in [-0.15, -0.1) is 0 Å². The van der Waals surface area contributed by atoms with Crippen LogP contribution in [0.4, 0.5) is 0 Å². The number of likely N-dealkylation sites (tertiary alicyclic amines) is 1. The Bertz CT molecular complexity index is 704. The molecule has 0 spiro atoms. The van der Waals surface area contributed by atoms with Crippen LogP contribution in [0.3, 0.4) is 0 Å². The molecule has 2 fully saturated rings. The Morgan fingerprint density at radius 2 is 2.00 bits per heavy atom. The van der Waals surface area contributed by atoms with E-state index in [0.29, 0.717) is 18.4 Å². The maximum Gasteiger partial charge on any atom is 0.220 e. The molecular formula is C22H28N2O2. The lowest BCUT2D eigenvalue weighted by molar-refractivity contribution is -0.121. The number of benzene rings is 1. The van der Waals surface area contributed by atoms with E-state index in [9.17, 15) is 4.79 Å². The number of nitrogens with one attached hydrogen (secondary N) is 1. The van der Waals surface area contributed by atoms with Crippen LogP contribution in [-0.2, 0) is 11.3 Å². The fourth-order valence-corrected chi connectivity index (χ4v) is 3.87. The van der Waals surface area contributed by atoms with Crippen molar-refractivity contribution in [2.75, 3.05) is 13.1 Å². The van der Waals surface area contributed by atoms with E-state index in [1.807, 2.05) is 12.1 Å². The third kappa shape index (κ3) is 4.76. The quantitative estimate of drug-likeness (QED) is 0.811. The second-order valence-corrected chi connectivity index (χ2v) is 7.80. The number of furan rings is 1. The van der Waals surface area contributed by atoms with Crippen molar-refractivity contribution < 1.29 is 9.21 Å². The van der Waals surface area contributed by atoms with Gasteiger partial charge in [-0.05, 0) is 62.3 Å². The molecule has 2 aliphatic rings. The molecule has 1 unspecified atom stereocenters. The van der Waals surface area contributed by atoms with Crippen LogP contribution in [0, 0.1) is 5.92 Å². The molecule has 2 aromatic rings. The zero-order valence-electron chi connectivity index (χ0n) is 15.3. The van der Waals surface area contributed by atoms with Gasteiger partial charge in [0.05, 0.1) is 6.26 Å². The number of carbonyl (C=O) groups is 1. The summed E-state index contributed by atoms with van der Waals surface area (Å²) in [5.41, 5.74) is 2.46. The summed E-state index contributed by atoms with van der Waals surface area (Å²) in [4.78, 5) is 14.4. The van der Waals surface area contributed by atoms with Crippen LogP contribution in [-0.4, -0.2) is 29.9 Å². The molecule has 1 aliphatic carbocycles. The van der Waals surface area contributed by atoms with Crippen molar-refractivity contribution in [2.45, 2.75) is 51.1 Å². The SMILES string of the molecule is O=C(CCC1CCCN(Cc2ccc(-c3ccco3)cc2)C1)NC1CC1. The molecule has 4 rings (SSSR count). The summed E-state index contributed by atoms with van der Waals surface area (Å²) in [6.45, 7) is 3.25. The van der Waals surface area contributed by atoms with Crippen LogP contribution in [0.2, 0.25) is 0 Å². The second kappa shape index (κ2) is 8.09. The van der Waals surface area contributed by atoms with Gasteiger partial charge < -0.3 is 9.73 Å². The number of hydrogen-bond acceptors (Lipinski definition) is 3. The lowest BCUT2D eigenvalue weighted by Crippen LogP contribution is -2.35. The lowest BCUT2D eigenvalue weighted by atomic mass is 9.93. The number of rotatable bonds is 7. The van der Waals surface area contributed by atoms with Crippen LogP contribution in [0.5, 0.6) is 0 Å². The highest BCUT2D eigenvalue weighted by molar-refractivity contribution is 5.76. The molecule has 26 heavy (non-hydrogen) atoms. The van der Waals surface area contributed by atoms with E-state index in [1.54, 1.807) is 6.26 Å². The van der Waals surface area contributed by atoms with E-state index in [4.69, 9.17) is 4.42 Å². The molecule has 1 aliphatic heterocycles. The average Bonchev–Trinajstić information content (AvgIpc) is 3.30. The average molecular weight is 352 g/mol.